The molecule has 2 saturated heterocycles. The summed E-state index contributed by atoms with van der Waals surface area (Å²) in [5.74, 6) is 0.237. The average Bonchev–Trinajstić information content (AvgIpc) is 2.59. The Morgan fingerprint density at radius 2 is 1.80 bits per heavy atom. The van der Waals surface area contributed by atoms with E-state index >= 15 is 0 Å². The molecule has 0 bridgehead atoms. The maximum absolute atomic E-state index is 13.3. The van der Waals surface area contributed by atoms with Crippen LogP contribution in [0.15, 0.2) is 24.3 Å². The number of amides is 1. The molecule has 1 N–H and O–H groups in total. The molecule has 1 aromatic rings. The van der Waals surface area contributed by atoms with Crippen LogP contribution < -0.4 is 0 Å². The van der Waals surface area contributed by atoms with Gasteiger partial charge in [0.1, 0.15) is 0 Å². The number of hydrogen-bond acceptors (Lipinski definition) is 3. The lowest BCUT2D eigenvalue weighted by Gasteiger charge is -2.50. The van der Waals surface area contributed by atoms with Gasteiger partial charge in [-0.3, -0.25) is 4.79 Å². The Bertz CT molecular complexity index is 633. The number of hydrogen-bond donors (Lipinski definition) is 1. The Kier molecular flexibility index (Phi) is 4.55. The van der Waals surface area contributed by atoms with Gasteiger partial charge in [0, 0.05) is 24.7 Å². The zero-order valence-corrected chi connectivity index (χ0v) is 15.3. The smallest absolute Gasteiger partial charge is 0.233 e. The number of nitrogens with zero attached hydrogens (tertiary/aromatic N) is 1. The number of carbonyl (C=O) groups excluding carboxylic acids is 1. The fraction of sp³-hybridized carbons (Fsp3) is 0.650. The van der Waals surface area contributed by atoms with E-state index in [4.69, 9.17) is 16.3 Å². The minimum atomic E-state index is -0.428. The topological polar surface area (TPSA) is 49.8 Å². The van der Waals surface area contributed by atoms with Crippen LogP contribution in [0.3, 0.4) is 0 Å². The quantitative estimate of drug-likeness (QED) is 0.877. The van der Waals surface area contributed by atoms with E-state index in [0.29, 0.717) is 18.1 Å². The van der Waals surface area contributed by atoms with Gasteiger partial charge < -0.3 is 14.7 Å². The lowest BCUT2D eigenvalue weighted by atomic mass is 9.63. The number of halogens is 1. The van der Waals surface area contributed by atoms with E-state index in [1.54, 1.807) is 0 Å². The van der Waals surface area contributed by atoms with Gasteiger partial charge in [-0.15, -0.1) is 0 Å². The van der Waals surface area contributed by atoms with Gasteiger partial charge in [0.25, 0.3) is 0 Å². The predicted octanol–water partition coefficient (Wildman–Crippen LogP) is 3.29. The fourth-order valence-electron chi connectivity index (χ4n) is 4.71. The first kappa shape index (κ1) is 17.3. The van der Waals surface area contributed by atoms with Crippen LogP contribution in [-0.2, 0) is 14.9 Å². The third kappa shape index (κ3) is 2.88. The van der Waals surface area contributed by atoms with Crippen LogP contribution >= 0.6 is 11.6 Å². The molecular weight excluding hydrogens is 338 g/mol. The fourth-order valence-corrected chi connectivity index (χ4v) is 4.83. The molecule has 3 fully saturated rings. The predicted molar refractivity (Wildman–Crippen MR) is 96.7 cm³/mol. The van der Waals surface area contributed by atoms with Crippen LogP contribution in [0.4, 0.5) is 0 Å². The van der Waals surface area contributed by atoms with E-state index in [2.05, 4.69) is 0 Å². The van der Waals surface area contributed by atoms with Crippen molar-refractivity contribution < 1.29 is 14.6 Å². The highest BCUT2D eigenvalue weighted by Crippen LogP contribution is 2.46. The normalized spacial score (nSPS) is 27.8. The molecule has 3 aliphatic rings. The SMILES string of the molecule is O=C(N1CCC2(CC1)OCCCC2O)C1(c2ccc(Cl)cc2)CCC1. The van der Waals surface area contributed by atoms with Crippen molar-refractivity contribution in [1.29, 1.82) is 0 Å². The Balaban J connectivity index is 1.49. The van der Waals surface area contributed by atoms with Gasteiger partial charge in [-0.2, -0.15) is 0 Å². The Morgan fingerprint density at radius 3 is 2.36 bits per heavy atom. The largest absolute Gasteiger partial charge is 0.390 e. The Labute approximate surface area is 154 Å². The van der Waals surface area contributed by atoms with Gasteiger partial charge in [0.05, 0.1) is 17.1 Å². The first-order valence-corrected chi connectivity index (χ1v) is 9.81. The van der Waals surface area contributed by atoms with Crippen LogP contribution in [0.5, 0.6) is 0 Å². The molecule has 2 heterocycles. The molecule has 2 aliphatic heterocycles. The number of ether oxygens (including phenoxy) is 1. The number of carbonyl (C=O) groups is 1. The summed E-state index contributed by atoms with van der Waals surface area (Å²) in [5.41, 5.74) is 0.283. The molecule has 1 atom stereocenters. The summed E-state index contributed by atoms with van der Waals surface area (Å²) in [7, 11) is 0. The number of aliphatic hydroxyl groups excluding tert-OH is 1. The monoisotopic (exact) mass is 363 g/mol. The number of likely N-dealkylation sites (tertiary alicyclic amines) is 1. The summed E-state index contributed by atoms with van der Waals surface area (Å²) >= 11 is 6.01. The summed E-state index contributed by atoms with van der Waals surface area (Å²) in [6.07, 6.45) is 5.71. The van der Waals surface area contributed by atoms with E-state index in [9.17, 15) is 9.90 Å². The molecule has 1 unspecified atom stereocenters. The summed E-state index contributed by atoms with van der Waals surface area (Å²) in [6.45, 7) is 2.07. The van der Waals surface area contributed by atoms with Crippen molar-refractivity contribution in [2.24, 2.45) is 0 Å². The lowest BCUT2D eigenvalue weighted by molar-refractivity contribution is -0.182. The van der Waals surface area contributed by atoms with Gasteiger partial charge >= 0.3 is 0 Å². The first-order chi connectivity index (χ1) is 12.1. The van der Waals surface area contributed by atoms with E-state index in [1.165, 1.54) is 0 Å². The number of aliphatic hydroxyl groups is 1. The van der Waals surface area contributed by atoms with Crippen molar-refractivity contribution in [3.63, 3.8) is 0 Å². The van der Waals surface area contributed by atoms with Crippen LogP contribution in [0, 0.1) is 0 Å². The van der Waals surface area contributed by atoms with E-state index in [-0.39, 0.29) is 11.3 Å². The van der Waals surface area contributed by atoms with Crippen molar-refractivity contribution in [1.82, 2.24) is 4.90 Å². The molecule has 1 amide bonds. The molecule has 136 valence electrons. The van der Waals surface area contributed by atoms with Gasteiger partial charge in [-0.05, 0) is 56.2 Å². The molecule has 5 heteroatoms. The van der Waals surface area contributed by atoms with Crippen molar-refractivity contribution in [2.45, 2.75) is 62.1 Å². The second-order valence-electron chi connectivity index (χ2n) is 7.81. The second-order valence-corrected chi connectivity index (χ2v) is 8.24. The van der Waals surface area contributed by atoms with Gasteiger partial charge in [-0.25, -0.2) is 0 Å². The molecule has 4 nitrogen and oxygen atoms in total. The molecule has 1 aromatic carbocycles. The standard InChI is InChI=1S/C20H26ClNO3/c21-16-6-4-15(5-7-16)19(8-2-9-19)18(24)22-12-10-20(11-13-22)17(23)3-1-14-25-20/h4-7,17,23H,1-3,8-14H2. The van der Waals surface area contributed by atoms with E-state index < -0.39 is 11.7 Å². The highest BCUT2D eigenvalue weighted by Gasteiger charge is 2.50. The van der Waals surface area contributed by atoms with Gasteiger partial charge in [-0.1, -0.05) is 30.2 Å². The maximum atomic E-state index is 13.3. The van der Waals surface area contributed by atoms with Gasteiger partial charge in [0.15, 0.2) is 0 Å². The number of piperidine rings is 1. The van der Waals surface area contributed by atoms with Crippen LogP contribution in [-0.4, -0.2) is 47.3 Å². The molecule has 1 saturated carbocycles. The summed E-state index contributed by atoms with van der Waals surface area (Å²) in [6, 6.07) is 7.75. The maximum Gasteiger partial charge on any atom is 0.233 e. The molecule has 0 aromatic heterocycles. The summed E-state index contributed by atoms with van der Waals surface area (Å²) < 4.78 is 5.97. The molecular formula is C20H26ClNO3. The van der Waals surface area contributed by atoms with Crippen molar-refractivity contribution in [3.8, 4) is 0 Å². The molecule has 1 aliphatic carbocycles. The van der Waals surface area contributed by atoms with E-state index in [1.807, 2.05) is 29.2 Å². The number of benzene rings is 1. The minimum Gasteiger partial charge on any atom is -0.390 e. The second kappa shape index (κ2) is 6.57. The zero-order valence-electron chi connectivity index (χ0n) is 14.5. The Hall–Kier alpha value is -1.10. The van der Waals surface area contributed by atoms with Crippen LogP contribution in [0.1, 0.15) is 50.5 Å². The van der Waals surface area contributed by atoms with Crippen molar-refractivity contribution in [3.05, 3.63) is 34.9 Å². The third-order valence-corrected chi connectivity index (χ3v) is 6.78. The highest BCUT2D eigenvalue weighted by molar-refractivity contribution is 6.30. The van der Waals surface area contributed by atoms with Crippen LogP contribution in [0.25, 0.3) is 0 Å². The van der Waals surface area contributed by atoms with E-state index in [0.717, 1.165) is 57.1 Å². The van der Waals surface area contributed by atoms with Crippen molar-refractivity contribution >= 4 is 17.5 Å². The third-order valence-electron chi connectivity index (χ3n) is 6.53. The lowest BCUT2D eigenvalue weighted by Crippen LogP contribution is -2.59. The summed E-state index contributed by atoms with van der Waals surface area (Å²) in [5, 5.41) is 11.1. The summed E-state index contributed by atoms with van der Waals surface area (Å²) in [4.78, 5) is 15.3. The average molecular weight is 364 g/mol. The highest BCUT2D eigenvalue weighted by atomic mass is 35.5. The molecule has 25 heavy (non-hydrogen) atoms. The molecule has 1 spiro atoms. The number of rotatable bonds is 2. The zero-order chi connectivity index (χ0) is 17.5. The van der Waals surface area contributed by atoms with Crippen LogP contribution in [0.2, 0.25) is 5.02 Å². The Morgan fingerprint density at radius 1 is 1.12 bits per heavy atom. The first-order valence-electron chi connectivity index (χ1n) is 9.43. The van der Waals surface area contributed by atoms with Crippen molar-refractivity contribution in [2.75, 3.05) is 19.7 Å². The van der Waals surface area contributed by atoms with Gasteiger partial charge in [0.2, 0.25) is 5.91 Å². The molecule has 0 radical (unpaired) electrons. The minimum absolute atomic E-state index is 0.237. The molecule has 4 rings (SSSR count).